The van der Waals surface area contributed by atoms with Gasteiger partial charge < -0.3 is 10.1 Å². The molecule has 0 bridgehead atoms. The number of ether oxygens (including phenoxy) is 1. The van der Waals surface area contributed by atoms with Crippen molar-refractivity contribution in [3.8, 4) is 0 Å². The lowest BCUT2D eigenvalue weighted by atomic mass is 10.1. The van der Waals surface area contributed by atoms with Gasteiger partial charge in [-0.2, -0.15) is 0 Å². The number of Topliss-reactive ketones (excluding diaryl/α,β-unsaturated/α-hetero) is 1. The Bertz CT molecular complexity index is 369. The van der Waals surface area contributed by atoms with Crippen LogP contribution in [0.3, 0.4) is 0 Å². The van der Waals surface area contributed by atoms with E-state index >= 15 is 0 Å². The maximum atomic E-state index is 13.2. The van der Waals surface area contributed by atoms with Gasteiger partial charge in [0.05, 0.1) is 18.7 Å². The number of hydrogen-bond acceptors (Lipinski definition) is 3. The Balaban J connectivity index is 2.55. The highest BCUT2D eigenvalue weighted by Gasteiger charge is 2.11. The highest BCUT2D eigenvalue weighted by Crippen LogP contribution is 2.09. The van der Waals surface area contributed by atoms with Crippen molar-refractivity contribution in [2.45, 2.75) is 0 Å². The second kappa shape index (κ2) is 6.30. The first-order chi connectivity index (χ1) is 7.65. The lowest BCUT2D eigenvalue weighted by Crippen LogP contribution is -2.26. The lowest BCUT2D eigenvalue weighted by molar-refractivity contribution is 0.0983. The van der Waals surface area contributed by atoms with Gasteiger partial charge in [0, 0.05) is 13.7 Å². The van der Waals surface area contributed by atoms with Crippen LogP contribution in [-0.2, 0) is 4.74 Å². The summed E-state index contributed by atoms with van der Waals surface area (Å²) in [7, 11) is 1.54. The molecule has 0 aromatic heterocycles. The Morgan fingerprint density at radius 2 is 2.19 bits per heavy atom. The fraction of sp³-hybridized carbons (Fsp3) is 0.364. The third-order valence-electron chi connectivity index (χ3n) is 2.00. The molecule has 0 unspecified atom stereocenters. The minimum Gasteiger partial charge on any atom is -0.383 e. The van der Waals surface area contributed by atoms with Crippen LogP contribution in [0.2, 0.25) is 0 Å². The van der Waals surface area contributed by atoms with Crippen molar-refractivity contribution in [2.24, 2.45) is 0 Å². The normalized spacial score (nSPS) is 10.4. The van der Waals surface area contributed by atoms with Gasteiger partial charge in [0.25, 0.3) is 0 Å². The van der Waals surface area contributed by atoms with Crippen LogP contribution in [0.1, 0.15) is 10.4 Å². The molecule has 0 atom stereocenters. The topological polar surface area (TPSA) is 38.3 Å². The molecule has 0 aliphatic carbocycles. The number of carbonyl (C=O) groups is 1. The van der Waals surface area contributed by atoms with E-state index < -0.39 is 17.4 Å². The molecule has 0 aliphatic rings. The Morgan fingerprint density at radius 1 is 1.44 bits per heavy atom. The summed E-state index contributed by atoms with van der Waals surface area (Å²) in [5, 5.41) is 2.77. The highest BCUT2D eigenvalue weighted by molar-refractivity contribution is 5.97. The zero-order chi connectivity index (χ0) is 12.0. The number of nitrogens with one attached hydrogen (secondary N) is 1. The Morgan fingerprint density at radius 3 is 2.88 bits per heavy atom. The largest absolute Gasteiger partial charge is 0.383 e. The maximum absolute atomic E-state index is 13.2. The van der Waals surface area contributed by atoms with Gasteiger partial charge in [-0.3, -0.25) is 4.79 Å². The zero-order valence-electron chi connectivity index (χ0n) is 8.93. The summed E-state index contributed by atoms with van der Waals surface area (Å²) in [4.78, 5) is 11.5. The van der Waals surface area contributed by atoms with Crippen LogP contribution in [0.25, 0.3) is 0 Å². The third-order valence-corrected chi connectivity index (χ3v) is 2.00. The molecule has 0 fully saturated rings. The monoisotopic (exact) mass is 229 g/mol. The van der Waals surface area contributed by atoms with E-state index in [9.17, 15) is 13.6 Å². The lowest BCUT2D eigenvalue weighted by Gasteiger charge is -2.04. The van der Waals surface area contributed by atoms with Crippen molar-refractivity contribution in [1.29, 1.82) is 0 Å². The van der Waals surface area contributed by atoms with Crippen LogP contribution >= 0.6 is 0 Å². The second-order valence-corrected chi connectivity index (χ2v) is 3.22. The summed E-state index contributed by atoms with van der Waals surface area (Å²) in [5.74, 6) is -1.81. The molecule has 0 saturated heterocycles. The molecule has 0 amide bonds. The van der Waals surface area contributed by atoms with E-state index in [4.69, 9.17) is 4.74 Å². The minimum absolute atomic E-state index is 0.0380. The summed E-state index contributed by atoms with van der Waals surface area (Å²) < 4.78 is 30.7. The van der Waals surface area contributed by atoms with Crippen molar-refractivity contribution >= 4 is 5.78 Å². The number of ketones is 1. The SMILES string of the molecule is COCCNCC(=O)c1cc(F)ccc1F. The van der Waals surface area contributed by atoms with E-state index in [1.807, 2.05) is 0 Å². The summed E-state index contributed by atoms with van der Waals surface area (Å²) in [6, 6.07) is 2.82. The smallest absolute Gasteiger partial charge is 0.179 e. The Kier molecular flexibility index (Phi) is 5.01. The molecule has 0 heterocycles. The maximum Gasteiger partial charge on any atom is 0.179 e. The zero-order valence-corrected chi connectivity index (χ0v) is 8.93. The van der Waals surface area contributed by atoms with Gasteiger partial charge in [-0.05, 0) is 18.2 Å². The fourth-order valence-electron chi connectivity index (χ4n) is 1.18. The van der Waals surface area contributed by atoms with Crippen LogP contribution in [0, 0.1) is 11.6 Å². The molecule has 3 nitrogen and oxygen atoms in total. The van der Waals surface area contributed by atoms with Crippen molar-refractivity contribution in [3.05, 3.63) is 35.4 Å². The van der Waals surface area contributed by atoms with Crippen molar-refractivity contribution < 1.29 is 18.3 Å². The molecule has 0 radical (unpaired) electrons. The number of methoxy groups -OCH3 is 1. The second-order valence-electron chi connectivity index (χ2n) is 3.22. The molecule has 1 aromatic rings. The van der Waals surface area contributed by atoms with E-state index in [-0.39, 0.29) is 12.1 Å². The highest BCUT2D eigenvalue weighted by atomic mass is 19.1. The molecule has 1 aromatic carbocycles. The van der Waals surface area contributed by atoms with E-state index in [2.05, 4.69) is 5.32 Å². The first-order valence-corrected chi connectivity index (χ1v) is 4.83. The summed E-state index contributed by atoms with van der Waals surface area (Å²) in [6.07, 6.45) is 0. The van der Waals surface area contributed by atoms with Crippen LogP contribution in [0.4, 0.5) is 8.78 Å². The molecule has 0 saturated carbocycles. The van der Waals surface area contributed by atoms with Crippen LogP contribution in [-0.4, -0.2) is 32.6 Å². The Labute approximate surface area is 92.4 Å². The van der Waals surface area contributed by atoms with Gasteiger partial charge in [0.15, 0.2) is 5.78 Å². The molecule has 88 valence electrons. The minimum atomic E-state index is -0.708. The average Bonchev–Trinajstić information content (AvgIpc) is 2.27. The van der Waals surface area contributed by atoms with Gasteiger partial charge in [-0.25, -0.2) is 8.78 Å². The predicted octanol–water partition coefficient (Wildman–Crippen LogP) is 1.38. The first kappa shape index (κ1) is 12.7. The van der Waals surface area contributed by atoms with E-state index in [0.717, 1.165) is 18.2 Å². The number of benzene rings is 1. The number of halogens is 2. The first-order valence-electron chi connectivity index (χ1n) is 4.83. The van der Waals surface area contributed by atoms with Gasteiger partial charge >= 0.3 is 0 Å². The van der Waals surface area contributed by atoms with E-state index in [0.29, 0.717) is 13.2 Å². The van der Waals surface area contributed by atoms with E-state index in [1.54, 1.807) is 0 Å². The van der Waals surface area contributed by atoms with Gasteiger partial charge in [-0.1, -0.05) is 0 Å². The quantitative estimate of drug-likeness (QED) is 0.591. The molecule has 16 heavy (non-hydrogen) atoms. The fourth-order valence-corrected chi connectivity index (χ4v) is 1.18. The molecule has 1 rings (SSSR count). The van der Waals surface area contributed by atoms with Crippen LogP contribution in [0.15, 0.2) is 18.2 Å². The Hall–Kier alpha value is -1.33. The van der Waals surface area contributed by atoms with Crippen LogP contribution < -0.4 is 5.32 Å². The van der Waals surface area contributed by atoms with Crippen LogP contribution in [0.5, 0.6) is 0 Å². The van der Waals surface area contributed by atoms with Crippen molar-refractivity contribution in [3.63, 3.8) is 0 Å². The van der Waals surface area contributed by atoms with Gasteiger partial charge in [0.2, 0.25) is 0 Å². The van der Waals surface area contributed by atoms with E-state index in [1.165, 1.54) is 7.11 Å². The molecular weight excluding hydrogens is 216 g/mol. The molecule has 1 N–H and O–H groups in total. The number of rotatable bonds is 6. The number of hydrogen-bond donors (Lipinski definition) is 1. The standard InChI is InChI=1S/C11H13F2NO2/c1-16-5-4-14-7-11(15)9-6-8(12)2-3-10(9)13/h2-3,6,14H,4-5,7H2,1H3. The van der Waals surface area contributed by atoms with Crippen molar-refractivity contribution in [1.82, 2.24) is 5.32 Å². The van der Waals surface area contributed by atoms with Gasteiger partial charge in [-0.15, -0.1) is 0 Å². The third kappa shape index (κ3) is 3.67. The molecule has 0 aliphatic heterocycles. The summed E-state index contributed by atoms with van der Waals surface area (Å²) in [6.45, 7) is 0.905. The number of carbonyl (C=O) groups excluding carboxylic acids is 1. The summed E-state index contributed by atoms with van der Waals surface area (Å²) >= 11 is 0. The van der Waals surface area contributed by atoms with Crippen molar-refractivity contribution in [2.75, 3.05) is 26.8 Å². The molecular formula is C11H13F2NO2. The van der Waals surface area contributed by atoms with Gasteiger partial charge in [0.1, 0.15) is 11.6 Å². The molecule has 0 spiro atoms. The molecule has 5 heteroatoms. The summed E-state index contributed by atoms with van der Waals surface area (Å²) in [5.41, 5.74) is -0.232. The average molecular weight is 229 g/mol. The predicted molar refractivity (Wildman–Crippen MR) is 55.4 cm³/mol.